The maximum atomic E-state index is 2.47. The summed E-state index contributed by atoms with van der Waals surface area (Å²) in [4.78, 5) is 0. The van der Waals surface area contributed by atoms with Crippen molar-refractivity contribution in [2.75, 3.05) is 0 Å². The van der Waals surface area contributed by atoms with Gasteiger partial charge in [-0.2, -0.15) is 0 Å². The Morgan fingerprint density at radius 1 is 1.53 bits per heavy atom. The first kappa shape index (κ1) is 12.5. The van der Waals surface area contributed by atoms with E-state index in [1.165, 1.54) is 32.1 Å². The van der Waals surface area contributed by atoms with Crippen LogP contribution in [0, 0.1) is 11.8 Å². The summed E-state index contributed by atoms with van der Waals surface area (Å²) in [5.41, 5.74) is 3.21. The Balaban J connectivity index is 2.36. The molecule has 1 unspecified atom stereocenters. The fraction of sp³-hybridized carbons (Fsp3) is 0.733. The average molecular weight is 206 g/mol. The van der Waals surface area contributed by atoms with Crippen LogP contribution in [-0.4, -0.2) is 0 Å². The molecule has 1 aliphatic rings. The second kappa shape index (κ2) is 6.15. The molecule has 15 heavy (non-hydrogen) atoms. The van der Waals surface area contributed by atoms with Crippen LogP contribution in [0.3, 0.4) is 0 Å². The van der Waals surface area contributed by atoms with Crippen molar-refractivity contribution in [3.05, 3.63) is 23.3 Å². The Kier molecular flexibility index (Phi) is 5.14. The highest BCUT2D eigenvalue weighted by Crippen LogP contribution is 2.29. The Morgan fingerprint density at radius 3 is 2.80 bits per heavy atom. The molecule has 0 radical (unpaired) electrons. The van der Waals surface area contributed by atoms with E-state index in [9.17, 15) is 0 Å². The van der Waals surface area contributed by atoms with Crippen LogP contribution in [-0.2, 0) is 0 Å². The standard InChI is InChI=1S/C15H26/c1-12(2)6-5-7-14(4)15-10-8-13(3)9-11-15/h7-8,12,15H,5-6,9-11H2,1-4H3. The van der Waals surface area contributed by atoms with E-state index in [1.807, 2.05) is 0 Å². The van der Waals surface area contributed by atoms with Crippen molar-refractivity contribution in [2.24, 2.45) is 11.8 Å². The zero-order valence-electron chi connectivity index (χ0n) is 10.8. The maximum absolute atomic E-state index is 2.47. The lowest BCUT2D eigenvalue weighted by atomic mass is 9.85. The summed E-state index contributed by atoms with van der Waals surface area (Å²) in [7, 11) is 0. The average Bonchev–Trinajstić information content (AvgIpc) is 2.18. The third-order valence-corrected chi connectivity index (χ3v) is 3.49. The SMILES string of the molecule is CC1=CCC(C(C)=CCCC(C)C)CC1. The summed E-state index contributed by atoms with van der Waals surface area (Å²) in [6.45, 7) is 9.18. The summed E-state index contributed by atoms with van der Waals surface area (Å²) in [5, 5.41) is 0. The summed E-state index contributed by atoms with van der Waals surface area (Å²) in [6, 6.07) is 0. The maximum Gasteiger partial charge on any atom is -0.0168 e. The van der Waals surface area contributed by atoms with Crippen LogP contribution in [0.4, 0.5) is 0 Å². The molecule has 0 aromatic heterocycles. The lowest BCUT2D eigenvalue weighted by molar-refractivity contribution is 0.532. The van der Waals surface area contributed by atoms with Crippen LogP contribution < -0.4 is 0 Å². The third-order valence-electron chi connectivity index (χ3n) is 3.49. The van der Waals surface area contributed by atoms with Crippen molar-refractivity contribution in [1.82, 2.24) is 0 Å². The molecule has 0 N–H and O–H groups in total. The van der Waals surface area contributed by atoms with E-state index >= 15 is 0 Å². The van der Waals surface area contributed by atoms with Crippen molar-refractivity contribution in [3.63, 3.8) is 0 Å². The molecule has 0 spiro atoms. The predicted molar refractivity (Wildman–Crippen MR) is 68.9 cm³/mol. The highest BCUT2D eigenvalue weighted by Gasteiger charge is 2.13. The minimum atomic E-state index is 0.834. The molecule has 1 aliphatic carbocycles. The molecule has 0 nitrogen and oxygen atoms in total. The van der Waals surface area contributed by atoms with Gasteiger partial charge in [-0.3, -0.25) is 0 Å². The van der Waals surface area contributed by atoms with Gasteiger partial charge in [-0.25, -0.2) is 0 Å². The van der Waals surface area contributed by atoms with Gasteiger partial charge in [-0.05, 0) is 57.8 Å². The van der Waals surface area contributed by atoms with E-state index in [1.54, 1.807) is 11.1 Å². The lowest BCUT2D eigenvalue weighted by Gasteiger charge is -2.21. The molecule has 0 saturated heterocycles. The predicted octanol–water partition coefficient (Wildman–Crippen LogP) is 5.12. The fourth-order valence-corrected chi connectivity index (χ4v) is 2.19. The molecule has 0 bridgehead atoms. The normalized spacial score (nSPS) is 23.1. The van der Waals surface area contributed by atoms with Gasteiger partial charge in [-0.15, -0.1) is 0 Å². The smallest absolute Gasteiger partial charge is 0.0168 e. The molecule has 0 aromatic carbocycles. The van der Waals surface area contributed by atoms with Crippen molar-refractivity contribution < 1.29 is 0 Å². The topological polar surface area (TPSA) is 0 Å². The Bertz CT molecular complexity index is 243. The molecular weight excluding hydrogens is 180 g/mol. The van der Waals surface area contributed by atoms with E-state index in [-0.39, 0.29) is 0 Å². The second-order valence-corrected chi connectivity index (χ2v) is 5.44. The number of hydrogen-bond donors (Lipinski definition) is 0. The first-order chi connectivity index (χ1) is 7.09. The van der Waals surface area contributed by atoms with E-state index in [4.69, 9.17) is 0 Å². The first-order valence-corrected chi connectivity index (χ1v) is 6.42. The van der Waals surface area contributed by atoms with Crippen LogP contribution >= 0.6 is 0 Å². The summed E-state index contributed by atoms with van der Waals surface area (Å²) >= 11 is 0. The van der Waals surface area contributed by atoms with Crippen molar-refractivity contribution >= 4 is 0 Å². The van der Waals surface area contributed by atoms with E-state index in [0.717, 1.165) is 11.8 Å². The van der Waals surface area contributed by atoms with Crippen LogP contribution in [0.1, 0.15) is 59.8 Å². The number of rotatable bonds is 4. The summed E-state index contributed by atoms with van der Waals surface area (Å²) < 4.78 is 0. The number of hydrogen-bond acceptors (Lipinski definition) is 0. The first-order valence-electron chi connectivity index (χ1n) is 6.42. The zero-order valence-corrected chi connectivity index (χ0v) is 10.8. The van der Waals surface area contributed by atoms with Crippen molar-refractivity contribution in [3.8, 4) is 0 Å². The van der Waals surface area contributed by atoms with Gasteiger partial charge in [0.05, 0.1) is 0 Å². The Morgan fingerprint density at radius 2 is 2.27 bits per heavy atom. The third kappa shape index (κ3) is 4.68. The van der Waals surface area contributed by atoms with Gasteiger partial charge < -0.3 is 0 Å². The van der Waals surface area contributed by atoms with Gasteiger partial charge in [0.25, 0.3) is 0 Å². The van der Waals surface area contributed by atoms with Crippen LogP contribution in [0.25, 0.3) is 0 Å². The van der Waals surface area contributed by atoms with Crippen LogP contribution in [0.5, 0.6) is 0 Å². The quantitative estimate of drug-likeness (QED) is 0.560. The minimum absolute atomic E-state index is 0.834. The van der Waals surface area contributed by atoms with Crippen molar-refractivity contribution in [2.45, 2.75) is 59.8 Å². The molecule has 0 amide bonds. The minimum Gasteiger partial charge on any atom is -0.0853 e. The molecule has 1 rings (SSSR count). The van der Waals surface area contributed by atoms with Crippen molar-refractivity contribution in [1.29, 1.82) is 0 Å². The molecule has 0 saturated carbocycles. The molecular formula is C15H26. The molecule has 86 valence electrons. The summed E-state index contributed by atoms with van der Waals surface area (Å²) in [6.07, 6.45) is 11.4. The molecule has 0 fully saturated rings. The van der Waals surface area contributed by atoms with Crippen LogP contribution in [0.2, 0.25) is 0 Å². The van der Waals surface area contributed by atoms with E-state index in [2.05, 4.69) is 39.8 Å². The van der Waals surface area contributed by atoms with Gasteiger partial charge in [-0.1, -0.05) is 37.1 Å². The highest BCUT2D eigenvalue weighted by molar-refractivity contribution is 5.12. The Hall–Kier alpha value is -0.520. The fourth-order valence-electron chi connectivity index (χ4n) is 2.19. The molecule has 1 atom stereocenters. The van der Waals surface area contributed by atoms with Gasteiger partial charge in [0.15, 0.2) is 0 Å². The van der Waals surface area contributed by atoms with Gasteiger partial charge >= 0.3 is 0 Å². The molecule has 0 aliphatic heterocycles. The Labute approximate surface area is 95.5 Å². The van der Waals surface area contributed by atoms with Gasteiger partial charge in [0.2, 0.25) is 0 Å². The molecule has 0 aromatic rings. The zero-order chi connectivity index (χ0) is 11.3. The lowest BCUT2D eigenvalue weighted by Crippen LogP contribution is -2.06. The van der Waals surface area contributed by atoms with Gasteiger partial charge in [0.1, 0.15) is 0 Å². The van der Waals surface area contributed by atoms with E-state index < -0.39 is 0 Å². The van der Waals surface area contributed by atoms with Gasteiger partial charge in [0, 0.05) is 0 Å². The second-order valence-electron chi connectivity index (χ2n) is 5.44. The highest BCUT2D eigenvalue weighted by atomic mass is 14.2. The van der Waals surface area contributed by atoms with E-state index in [0.29, 0.717) is 0 Å². The molecule has 0 heteroatoms. The largest absolute Gasteiger partial charge is 0.0853 e. The monoisotopic (exact) mass is 206 g/mol. The van der Waals surface area contributed by atoms with Crippen LogP contribution in [0.15, 0.2) is 23.3 Å². The number of allylic oxidation sites excluding steroid dienone is 4. The summed E-state index contributed by atoms with van der Waals surface area (Å²) in [5.74, 6) is 1.67. The molecule has 0 heterocycles.